The van der Waals surface area contributed by atoms with Crippen molar-refractivity contribution in [1.82, 2.24) is 0 Å². The molecular weight excluding hydrogens is 182 g/mol. The van der Waals surface area contributed by atoms with E-state index in [4.69, 9.17) is 20.3 Å². The van der Waals surface area contributed by atoms with Gasteiger partial charge in [-0.1, -0.05) is 0 Å². The minimum atomic E-state index is -0.252. The van der Waals surface area contributed by atoms with Gasteiger partial charge in [0.15, 0.2) is 0 Å². The van der Waals surface area contributed by atoms with Gasteiger partial charge in [-0.05, 0) is 25.7 Å². The molecule has 0 aromatic rings. The fraction of sp³-hybridized carbons (Fsp3) is 1.00. The predicted octanol–water partition coefficient (Wildman–Crippen LogP) is 0.280. The summed E-state index contributed by atoms with van der Waals surface area (Å²) in [6, 6.07) is -0.252. The summed E-state index contributed by atoms with van der Waals surface area (Å²) in [5.41, 5.74) is 5.55. The zero-order chi connectivity index (χ0) is 10.4. The van der Waals surface area contributed by atoms with E-state index in [0.29, 0.717) is 12.7 Å². The van der Waals surface area contributed by atoms with E-state index in [-0.39, 0.29) is 18.8 Å². The molecule has 0 saturated heterocycles. The molecule has 3 N–H and O–H groups in total. The van der Waals surface area contributed by atoms with E-state index in [1.54, 1.807) is 7.11 Å². The van der Waals surface area contributed by atoms with E-state index in [2.05, 4.69) is 0 Å². The highest BCUT2D eigenvalue weighted by Gasteiger charge is 2.22. The normalized spacial score (nSPS) is 30.2. The maximum absolute atomic E-state index is 8.73. The fourth-order valence-electron chi connectivity index (χ4n) is 1.78. The third-order valence-corrected chi connectivity index (χ3v) is 2.69. The number of nitrogens with two attached hydrogens (primary N) is 1. The van der Waals surface area contributed by atoms with Crippen molar-refractivity contribution in [3.8, 4) is 0 Å². The summed E-state index contributed by atoms with van der Waals surface area (Å²) >= 11 is 0. The Labute approximate surface area is 85.4 Å². The van der Waals surface area contributed by atoms with E-state index in [1.807, 2.05) is 0 Å². The first-order chi connectivity index (χ1) is 6.76. The summed E-state index contributed by atoms with van der Waals surface area (Å²) in [6.45, 7) is 0.429. The Bertz CT molecular complexity index is 154. The number of methoxy groups -OCH3 is 1. The van der Waals surface area contributed by atoms with E-state index in [0.717, 1.165) is 25.7 Å². The Balaban J connectivity index is 2.17. The van der Waals surface area contributed by atoms with Gasteiger partial charge in [0.25, 0.3) is 0 Å². The second-order valence-corrected chi connectivity index (χ2v) is 3.92. The predicted molar refractivity (Wildman–Crippen MR) is 54.1 cm³/mol. The van der Waals surface area contributed by atoms with Crippen molar-refractivity contribution in [2.75, 3.05) is 20.3 Å². The van der Waals surface area contributed by atoms with Crippen molar-refractivity contribution in [3.05, 3.63) is 0 Å². The van der Waals surface area contributed by atoms with Crippen LogP contribution in [0.3, 0.4) is 0 Å². The number of hydrogen-bond donors (Lipinski definition) is 2. The standard InChI is InChI=1S/C10H21NO3/c1-13-9-3-2-4-10(5-9)14-7-8(11)6-12/h8-10,12H,2-7,11H2,1H3. The molecule has 0 heterocycles. The summed E-state index contributed by atoms with van der Waals surface area (Å²) in [4.78, 5) is 0. The topological polar surface area (TPSA) is 64.7 Å². The average Bonchev–Trinajstić information content (AvgIpc) is 2.26. The molecule has 0 aliphatic heterocycles. The molecule has 0 spiro atoms. The molecule has 14 heavy (non-hydrogen) atoms. The molecule has 0 aromatic carbocycles. The lowest BCUT2D eigenvalue weighted by molar-refractivity contribution is -0.0360. The number of ether oxygens (including phenoxy) is 2. The minimum absolute atomic E-state index is 0.0135. The molecule has 4 heteroatoms. The van der Waals surface area contributed by atoms with Gasteiger partial charge in [0, 0.05) is 7.11 Å². The van der Waals surface area contributed by atoms with Gasteiger partial charge in [0.05, 0.1) is 31.5 Å². The van der Waals surface area contributed by atoms with Crippen LogP contribution >= 0.6 is 0 Å². The molecular formula is C10H21NO3. The molecule has 0 radical (unpaired) electrons. The van der Waals surface area contributed by atoms with Gasteiger partial charge >= 0.3 is 0 Å². The molecule has 3 unspecified atom stereocenters. The molecule has 84 valence electrons. The first kappa shape index (κ1) is 11.9. The summed E-state index contributed by atoms with van der Waals surface area (Å²) in [5, 5.41) is 8.73. The number of aliphatic hydroxyl groups is 1. The summed E-state index contributed by atoms with van der Waals surface area (Å²) < 4.78 is 10.9. The lowest BCUT2D eigenvalue weighted by Crippen LogP contribution is -2.35. The quantitative estimate of drug-likeness (QED) is 0.673. The van der Waals surface area contributed by atoms with Gasteiger partial charge < -0.3 is 20.3 Å². The Kier molecular flexibility index (Phi) is 5.40. The molecule has 1 rings (SSSR count). The third-order valence-electron chi connectivity index (χ3n) is 2.69. The molecule has 1 aliphatic rings. The van der Waals surface area contributed by atoms with Crippen LogP contribution < -0.4 is 5.73 Å². The van der Waals surface area contributed by atoms with Crippen LogP contribution in [0.4, 0.5) is 0 Å². The van der Waals surface area contributed by atoms with Crippen molar-refractivity contribution in [2.45, 2.75) is 43.9 Å². The van der Waals surface area contributed by atoms with E-state index >= 15 is 0 Å². The van der Waals surface area contributed by atoms with Crippen LogP contribution in [0, 0.1) is 0 Å². The van der Waals surface area contributed by atoms with Crippen LogP contribution in [0.1, 0.15) is 25.7 Å². The first-order valence-corrected chi connectivity index (χ1v) is 5.27. The van der Waals surface area contributed by atoms with E-state index < -0.39 is 0 Å². The maximum Gasteiger partial charge on any atom is 0.0643 e. The molecule has 0 aromatic heterocycles. The smallest absolute Gasteiger partial charge is 0.0643 e. The average molecular weight is 203 g/mol. The number of aliphatic hydroxyl groups excluding tert-OH is 1. The molecule has 4 nitrogen and oxygen atoms in total. The van der Waals surface area contributed by atoms with Gasteiger partial charge in [-0.2, -0.15) is 0 Å². The van der Waals surface area contributed by atoms with Gasteiger partial charge in [-0.25, -0.2) is 0 Å². The second kappa shape index (κ2) is 6.35. The van der Waals surface area contributed by atoms with Crippen LogP contribution in [0.5, 0.6) is 0 Å². The van der Waals surface area contributed by atoms with Gasteiger partial charge in [-0.3, -0.25) is 0 Å². The van der Waals surface area contributed by atoms with Crippen molar-refractivity contribution in [2.24, 2.45) is 5.73 Å². The lowest BCUT2D eigenvalue weighted by Gasteiger charge is -2.28. The van der Waals surface area contributed by atoms with Crippen LogP contribution in [-0.4, -0.2) is 43.7 Å². The largest absolute Gasteiger partial charge is 0.395 e. The SMILES string of the molecule is COC1CCCC(OCC(N)CO)C1. The highest BCUT2D eigenvalue weighted by atomic mass is 16.5. The van der Waals surface area contributed by atoms with Gasteiger partial charge in [-0.15, -0.1) is 0 Å². The van der Waals surface area contributed by atoms with Crippen molar-refractivity contribution >= 4 is 0 Å². The Morgan fingerprint density at radius 1 is 1.43 bits per heavy atom. The van der Waals surface area contributed by atoms with Crippen molar-refractivity contribution < 1.29 is 14.6 Å². The lowest BCUT2D eigenvalue weighted by atomic mass is 9.95. The summed E-state index contributed by atoms with van der Waals surface area (Å²) in [6.07, 6.45) is 4.90. The third kappa shape index (κ3) is 3.92. The highest BCUT2D eigenvalue weighted by Crippen LogP contribution is 2.22. The Morgan fingerprint density at radius 2 is 2.14 bits per heavy atom. The molecule has 1 aliphatic carbocycles. The van der Waals surface area contributed by atoms with Gasteiger partial charge in [0.1, 0.15) is 0 Å². The zero-order valence-electron chi connectivity index (χ0n) is 8.82. The monoisotopic (exact) mass is 203 g/mol. The van der Waals surface area contributed by atoms with E-state index in [1.165, 1.54) is 0 Å². The fourth-order valence-corrected chi connectivity index (χ4v) is 1.78. The van der Waals surface area contributed by atoms with Crippen molar-refractivity contribution in [1.29, 1.82) is 0 Å². The molecule has 0 amide bonds. The number of hydrogen-bond acceptors (Lipinski definition) is 4. The minimum Gasteiger partial charge on any atom is -0.395 e. The summed E-state index contributed by atoms with van der Waals surface area (Å²) in [5.74, 6) is 0. The number of rotatable bonds is 5. The van der Waals surface area contributed by atoms with Crippen LogP contribution in [0.2, 0.25) is 0 Å². The first-order valence-electron chi connectivity index (χ1n) is 5.27. The maximum atomic E-state index is 8.73. The van der Waals surface area contributed by atoms with E-state index in [9.17, 15) is 0 Å². The van der Waals surface area contributed by atoms with Crippen LogP contribution in [0.15, 0.2) is 0 Å². The highest BCUT2D eigenvalue weighted by molar-refractivity contribution is 4.74. The Morgan fingerprint density at radius 3 is 2.79 bits per heavy atom. The molecule has 0 bridgehead atoms. The van der Waals surface area contributed by atoms with Crippen LogP contribution in [0.25, 0.3) is 0 Å². The van der Waals surface area contributed by atoms with Crippen molar-refractivity contribution in [3.63, 3.8) is 0 Å². The molecule has 1 fully saturated rings. The Hall–Kier alpha value is -0.160. The van der Waals surface area contributed by atoms with Gasteiger partial charge in [0.2, 0.25) is 0 Å². The second-order valence-electron chi connectivity index (χ2n) is 3.92. The zero-order valence-corrected chi connectivity index (χ0v) is 8.82. The molecule has 1 saturated carbocycles. The molecule has 3 atom stereocenters. The van der Waals surface area contributed by atoms with Crippen LogP contribution in [-0.2, 0) is 9.47 Å². The summed E-state index contributed by atoms with van der Waals surface area (Å²) in [7, 11) is 1.74.